The molecular weight excluding hydrogens is 201 g/mol. The first-order chi connectivity index (χ1) is 7.44. The highest BCUT2D eigenvalue weighted by atomic mass is 19.1. The molecule has 1 nitrogen and oxygen atoms in total. The Morgan fingerprint density at radius 1 is 1.12 bits per heavy atom. The van der Waals surface area contributed by atoms with Crippen LogP contribution in [0.4, 0.5) is 4.39 Å². The van der Waals surface area contributed by atoms with Gasteiger partial charge in [0.15, 0.2) is 0 Å². The van der Waals surface area contributed by atoms with Crippen molar-refractivity contribution in [2.75, 3.05) is 6.54 Å². The van der Waals surface area contributed by atoms with Crippen LogP contribution in [0.2, 0.25) is 0 Å². The van der Waals surface area contributed by atoms with E-state index in [9.17, 15) is 4.39 Å². The van der Waals surface area contributed by atoms with Gasteiger partial charge in [0.1, 0.15) is 5.67 Å². The first-order valence-electron chi connectivity index (χ1n) is 5.92. The van der Waals surface area contributed by atoms with Gasteiger partial charge in [0.2, 0.25) is 0 Å². The van der Waals surface area contributed by atoms with Gasteiger partial charge >= 0.3 is 0 Å². The van der Waals surface area contributed by atoms with Gasteiger partial charge in [-0.1, -0.05) is 25.5 Å². The average molecular weight is 223 g/mol. The summed E-state index contributed by atoms with van der Waals surface area (Å²) in [6.45, 7) is 8.07. The van der Waals surface area contributed by atoms with E-state index in [2.05, 4.69) is 0 Å². The van der Waals surface area contributed by atoms with Crippen molar-refractivity contribution in [2.45, 2.75) is 46.2 Å². The number of hydrogen-bond acceptors (Lipinski definition) is 1. The molecule has 2 heteroatoms. The Kier molecular flexibility index (Phi) is 4.09. The topological polar surface area (TPSA) is 26.0 Å². The molecular formula is C14H22FN. The molecule has 2 N–H and O–H groups in total. The average Bonchev–Trinajstić information content (AvgIpc) is 2.23. The predicted molar refractivity (Wildman–Crippen MR) is 67.4 cm³/mol. The van der Waals surface area contributed by atoms with Crippen molar-refractivity contribution in [3.63, 3.8) is 0 Å². The molecule has 0 saturated carbocycles. The minimum atomic E-state index is -1.36. The molecule has 0 bridgehead atoms. The van der Waals surface area contributed by atoms with Crippen LogP contribution in [0.25, 0.3) is 0 Å². The maximum atomic E-state index is 14.7. The van der Waals surface area contributed by atoms with E-state index in [1.54, 1.807) is 0 Å². The lowest BCUT2D eigenvalue weighted by molar-refractivity contribution is 0.158. The monoisotopic (exact) mass is 223 g/mol. The number of aryl methyl sites for hydroxylation is 3. The Bertz CT molecular complexity index is 373. The Hall–Kier alpha value is -0.890. The van der Waals surface area contributed by atoms with Crippen LogP contribution in [-0.2, 0) is 5.67 Å². The quantitative estimate of drug-likeness (QED) is 0.830. The molecule has 1 unspecified atom stereocenters. The van der Waals surface area contributed by atoms with Crippen molar-refractivity contribution in [3.05, 3.63) is 34.4 Å². The lowest BCUT2D eigenvalue weighted by Crippen LogP contribution is -2.31. The van der Waals surface area contributed by atoms with E-state index in [1.807, 2.05) is 39.8 Å². The molecule has 0 aliphatic heterocycles. The SMILES string of the molecule is CCCC(F)(CN)c1cc(C)c(C)cc1C. The Balaban J connectivity index is 3.25. The van der Waals surface area contributed by atoms with Gasteiger partial charge in [0.05, 0.1) is 0 Å². The standard InChI is InChI=1S/C14H22FN/c1-5-6-14(15,9-16)13-8-11(3)10(2)7-12(13)4/h7-8H,5-6,9,16H2,1-4H3. The van der Waals surface area contributed by atoms with Crippen molar-refractivity contribution >= 4 is 0 Å². The number of alkyl halides is 1. The normalized spacial score (nSPS) is 14.9. The fourth-order valence-electron chi connectivity index (χ4n) is 2.19. The van der Waals surface area contributed by atoms with E-state index >= 15 is 0 Å². The molecule has 0 radical (unpaired) electrons. The molecule has 1 aromatic rings. The van der Waals surface area contributed by atoms with Crippen LogP contribution in [0, 0.1) is 20.8 Å². The van der Waals surface area contributed by atoms with Crippen LogP contribution in [0.5, 0.6) is 0 Å². The summed E-state index contributed by atoms with van der Waals surface area (Å²) >= 11 is 0. The zero-order chi connectivity index (χ0) is 12.3. The van der Waals surface area contributed by atoms with E-state index in [0.717, 1.165) is 23.1 Å². The summed E-state index contributed by atoms with van der Waals surface area (Å²) in [5.74, 6) is 0. The number of hydrogen-bond donors (Lipinski definition) is 1. The molecule has 1 atom stereocenters. The molecule has 90 valence electrons. The first kappa shape index (κ1) is 13.2. The summed E-state index contributed by atoms with van der Waals surface area (Å²) in [6.07, 6.45) is 1.30. The number of benzene rings is 1. The van der Waals surface area contributed by atoms with Gasteiger partial charge in [-0.15, -0.1) is 0 Å². The van der Waals surface area contributed by atoms with Gasteiger partial charge in [-0.2, -0.15) is 0 Å². The van der Waals surface area contributed by atoms with E-state index < -0.39 is 5.67 Å². The summed E-state index contributed by atoms with van der Waals surface area (Å²) in [5, 5.41) is 0. The fourth-order valence-corrected chi connectivity index (χ4v) is 2.19. The first-order valence-corrected chi connectivity index (χ1v) is 5.92. The van der Waals surface area contributed by atoms with Crippen LogP contribution in [0.15, 0.2) is 12.1 Å². The van der Waals surface area contributed by atoms with Gasteiger partial charge < -0.3 is 5.73 Å². The molecule has 0 spiro atoms. The zero-order valence-corrected chi connectivity index (χ0v) is 10.7. The second kappa shape index (κ2) is 4.96. The van der Waals surface area contributed by atoms with Crippen molar-refractivity contribution in [2.24, 2.45) is 5.73 Å². The highest BCUT2D eigenvalue weighted by Crippen LogP contribution is 2.33. The van der Waals surface area contributed by atoms with Gasteiger partial charge in [0.25, 0.3) is 0 Å². The zero-order valence-electron chi connectivity index (χ0n) is 10.7. The van der Waals surface area contributed by atoms with Gasteiger partial charge in [-0.25, -0.2) is 4.39 Å². The second-order valence-electron chi connectivity index (χ2n) is 4.67. The summed E-state index contributed by atoms with van der Waals surface area (Å²) in [4.78, 5) is 0. The molecule has 0 aliphatic rings. The van der Waals surface area contributed by atoms with E-state index in [4.69, 9.17) is 5.73 Å². The van der Waals surface area contributed by atoms with Gasteiger partial charge in [0, 0.05) is 6.54 Å². The van der Waals surface area contributed by atoms with Crippen LogP contribution in [-0.4, -0.2) is 6.54 Å². The molecule has 0 aliphatic carbocycles. The van der Waals surface area contributed by atoms with Gasteiger partial charge in [-0.05, 0) is 49.4 Å². The number of nitrogens with two attached hydrogens (primary N) is 1. The van der Waals surface area contributed by atoms with Gasteiger partial charge in [-0.3, -0.25) is 0 Å². The molecule has 0 fully saturated rings. The fraction of sp³-hybridized carbons (Fsp3) is 0.571. The summed E-state index contributed by atoms with van der Waals surface area (Å²) in [6, 6.07) is 4.00. The van der Waals surface area contributed by atoms with Crippen molar-refractivity contribution in [1.29, 1.82) is 0 Å². The van der Waals surface area contributed by atoms with Crippen LogP contribution in [0.1, 0.15) is 42.0 Å². The van der Waals surface area contributed by atoms with Crippen molar-refractivity contribution < 1.29 is 4.39 Å². The molecule has 0 heterocycles. The van der Waals surface area contributed by atoms with Crippen molar-refractivity contribution in [1.82, 2.24) is 0 Å². The molecule has 0 aromatic heterocycles. The Morgan fingerprint density at radius 3 is 2.19 bits per heavy atom. The third-order valence-corrected chi connectivity index (χ3v) is 3.29. The van der Waals surface area contributed by atoms with Crippen molar-refractivity contribution in [3.8, 4) is 0 Å². The number of rotatable bonds is 4. The molecule has 1 aromatic carbocycles. The lowest BCUT2D eigenvalue weighted by Gasteiger charge is -2.26. The Morgan fingerprint density at radius 2 is 1.69 bits per heavy atom. The maximum Gasteiger partial charge on any atom is 0.148 e. The third kappa shape index (κ3) is 2.43. The Labute approximate surface area is 97.9 Å². The molecule has 0 amide bonds. The van der Waals surface area contributed by atoms with E-state index in [-0.39, 0.29) is 6.54 Å². The smallest absolute Gasteiger partial charge is 0.148 e. The maximum absolute atomic E-state index is 14.7. The lowest BCUT2D eigenvalue weighted by atomic mass is 9.86. The van der Waals surface area contributed by atoms with Crippen LogP contribution < -0.4 is 5.73 Å². The molecule has 16 heavy (non-hydrogen) atoms. The highest BCUT2D eigenvalue weighted by Gasteiger charge is 2.31. The third-order valence-electron chi connectivity index (χ3n) is 3.29. The summed E-state index contributed by atoms with van der Waals surface area (Å²) < 4.78 is 14.7. The van der Waals surface area contributed by atoms with E-state index in [1.165, 1.54) is 5.56 Å². The molecule has 0 saturated heterocycles. The largest absolute Gasteiger partial charge is 0.327 e. The predicted octanol–water partition coefficient (Wildman–Crippen LogP) is 3.54. The van der Waals surface area contributed by atoms with Crippen LogP contribution in [0.3, 0.4) is 0 Å². The van der Waals surface area contributed by atoms with Crippen LogP contribution >= 0.6 is 0 Å². The molecule has 1 rings (SSSR count). The number of halogens is 1. The second-order valence-corrected chi connectivity index (χ2v) is 4.67. The summed E-state index contributed by atoms with van der Waals surface area (Å²) in [7, 11) is 0. The van der Waals surface area contributed by atoms with E-state index in [0.29, 0.717) is 6.42 Å². The highest BCUT2D eigenvalue weighted by molar-refractivity contribution is 5.40. The summed E-state index contributed by atoms with van der Waals surface area (Å²) in [5.41, 5.74) is 8.35. The minimum absolute atomic E-state index is 0.0597. The minimum Gasteiger partial charge on any atom is -0.327 e.